The minimum atomic E-state index is -0.302. The summed E-state index contributed by atoms with van der Waals surface area (Å²) in [7, 11) is 0. The van der Waals surface area contributed by atoms with Gasteiger partial charge in [0, 0.05) is 22.6 Å². The van der Waals surface area contributed by atoms with Crippen LogP contribution in [0, 0.1) is 26.6 Å². The van der Waals surface area contributed by atoms with Crippen LogP contribution in [0.2, 0.25) is 0 Å². The zero-order valence-corrected chi connectivity index (χ0v) is 16.9. The SMILES string of the molecule is Cc1cc(NC(=O)Cn2c(C)cc(-c3nnc(-c4ccccc4)o3)c2C)ccc1F. The van der Waals surface area contributed by atoms with Gasteiger partial charge in [-0.25, -0.2) is 4.39 Å². The van der Waals surface area contributed by atoms with Crippen LogP contribution in [0.3, 0.4) is 0 Å². The number of nitrogens with zero attached hydrogens (tertiary/aromatic N) is 3. The number of benzene rings is 2. The molecule has 0 fully saturated rings. The van der Waals surface area contributed by atoms with E-state index in [0.29, 0.717) is 23.0 Å². The lowest BCUT2D eigenvalue weighted by molar-refractivity contribution is -0.116. The molecule has 1 N–H and O–H groups in total. The largest absolute Gasteiger partial charge is 0.416 e. The summed E-state index contributed by atoms with van der Waals surface area (Å²) in [6.07, 6.45) is 0. The lowest BCUT2D eigenvalue weighted by Gasteiger charge is -2.11. The summed E-state index contributed by atoms with van der Waals surface area (Å²) in [4.78, 5) is 12.5. The van der Waals surface area contributed by atoms with E-state index in [9.17, 15) is 9.18 Å². The molecule has 0 saturated heterocycles. The molecule has 0 aliphatic carbocycles. The minimum absolute atomic E-state index is 0.119. The second-order valence-electron chi connectivity index (χ2n) is 7.16. The van der Waals surface area contributed by atoms with Crippen LogP contribution < -0.4 is 5.32 Å². The third-order valence-corrected chi connectivity index (χ3v) is 4.99. The molecule has 7 heteroatoms. The molecule has 2 heterocycles. The Hall–Kier alpha value is -3.74. The van der Waals surface area contributed by atoms with E-state index in [1.807, 2.05) is 54.8 Å². The van der Waals surface area contributed by atoms with Crippen molar-refractivity contribution in [1.29, 1.82) is 0 Å². The predicted octanol–water partition coefficient (Wildman–Crippen LogP) is 4.91. The first kappa shape index (κ1) is 19.6. The van der Waals surface area contributed by atoms with Gasteiger partial charge in [0.1, 0.15) is 12.4 Å². The number of hydrogen-bond donors (Lipinski definition) is 1. The molecule has 0 saturated carbocycles. The fraction of sp³-hybridized carbons (Fsp3) is 0.174. The average Bonchev–Trinajstić information content (AvgIpc) is 3.32. The van der Waals surface area contributed by atoms with Gasteiger partial charge in [-0.15, -0.1) is 10.2 Å². The molecule has 4 aromatic rings. The number of rotatable bonds is 5. The van der Waals surface area contributed by atoms with Gasteiger partial charge in [-0.2, -0.15) is 0 Å². The fourth-order valence-corrected chi connectivity index (χ4v) is 3.36. The molecule has 30 heavy (non-hydrogen) atoms. The van der Waals surface area contributed by atoms with Gasteiger partial charge in [0.15, 0.2) is 0 Å². The average molecular weight is 404 g/mol. The summed E-state index contributed by atoms with van der Waals surface area (Å²) >= 11 is 0. The summed E-state index contributed by atoms with van der Waals surface area (Å²) in [5.41, 5.74) is 4.42. The summed E-state index contributed by atoms with van der Waals surface area (Å²) < 4.78 is 21.2. The van der Waals surface area contributed by atoms with Crippen LogP contribution >= 0.6 is 0 Å². The summed E-state index contributed by atoms with van der Waals surface area (Å²) in [5.74, 6) is 0.344. The smallest absolute Gasteiger partial charge is 0.249 e. The highest BCUT2D eigenvalue weighted by atomic mass is 19.1. The van der Waals surface area contributed by atoms with Crippen LogP contribution in [0.25, 0.3) is 22.9 Å². The maximum Gasteiger partial charge on any atom is 0.249 e. The summed E-state index contributed by atoms with van der Waals surface area (Å²) in [5, 5.41) is 11.1. The highest BCUT2D eigenvalue weighted by molar-refractivity contribution is 5.90. The van der Waals surface area contributed by atoms with Gasteiger partial charge in [-0.05, 0) is 62.7 Å². The van der Waals surface area contributed by atoms with E-state index in [4.69, 9.17) is 4.42 Å². The van der Waals surface area contributed by atoms with Gasteiger partial charge in [-0.3, -0.25) is 4.79 Å². The van der Waals surface area contributed by atoms with Gasteiger partial charge in [0.25, 0.3) is 0 Å². The number of carbonyl (C=O) groups excluding carboxylic acids is 1. The lowest BCUT2D eigenvalue weighted by Crippen LogP contribution is -2.20. The van der Waals surface area contributed by atoms with Gasteiger partial charge in [-0.1, -0.05) is 18.2 Å². The second kappa shape index (κ2) is 7.94. The van der Waals surface area contributed by atoms with Crippen molar-refractivity contribution in [1.82, 2.24) is 14.8 Å². The van der Waals surface area contributed by atoms with E-state index in [1.165, 1.54) is 6.07 Å². The van der Waals surface area contributed by atoms with Crippen LogP contribution in [0.4, 0.5) is 10.1 Å². The zero-order chi connectivity index (χ0) is 21.3. The van der Waals surface area contributed by atoms with Crippen molar-refractivity contribution in [3.63, 3.8) is 0 Å². The summed E-state index contributed by atoms with van der Waals surface area (Å²) in [6, 6.07) is 16.0. The van der Waals surface area contributed by atoms with Crippen molar-refractivity contribution < 1.29 is 13.6 Å². The second-order valence-corrected chi connectivity index (χ2v) is 7.16. The third-order valence-electron chi connectivity index (χ3n) is 4.99. The minimum Gasteiger partial charge on any atom is -0.416 e. The number of anilines is 1. The van der Waals surface area contributed by atoms with Crippen molar-refractivity contribution in [2.75, 3.05) is 5.32 Å². The Morgan fingerprint density at radius 2 is 1.77 bits per heavy atom. The number of nitrogens with one attached hydrogen (secondary N) is 1. The van der Waals surface area contributed by atoms with E-state index in [1.54, 1.807) is 19.1 Å². The molecular formula is C23H21FN4O2. The Bertz CT molecular complexity index is 1210. The highest BCUT2D eigenvalue weighted by Crippen LogP contribution is 2.28. The first-order valence-electron chi connectivity index (χ1n) is 9.54. The number of hydrogen-bond acceptors (Lipinski definition) is 4. The van der Waals surface area contributed by atoms with Crippen LogP contribution in [-0.4, -0.2) is 20.7 Å². The van der Waals surface area contributed by atoms with Crippen LogP contribution in [0.15, 0.2) is 59.0 Å². The Balaban J connectivity index is 1.54. The Morgan fingerprint density at radius 1 is 1.03 bits per heavy atom. The molecule has 0 spiro atoms. The van der Waals surface area contributed by atoms with Crippen LogP contribution in [0.5, 0.6) is 0 Å². The molecular weight excluding hydrogens is 383 g/mol. The molecule has 0 atom stereocenters. The lowest BCUT2D eigenvalue weighted by atomic mass is 10.2. The molecule has 0 aliphatic heterocycles. The van der Waals surface area contributed by atoms with E-state index in [0.717, 1.165) is 22.5 Å². The van der Waals surface area contributed by atoms with E-state index >= 15 is 0 Å². The maximum absolute atomic E-state index is 13.4. The monoisotopic (exact) mass is 404 g/mol. The van der Waals surface area contributed by atoms with E-state index in [2.05, 4.69) is 15.5 Å². The number of amides is 1. The molecule has 0 bridgehead atoms. The quantitative estimate of drug-likeness (QED) is 0.513. The molecule has 0 aliphatic rings. The van der Waals surface area contributed by atoms with E-state index < -0.39 is 0 Å². The van der Waals surface area contributed by atoms with Crippen molar-refractivity contribution in [3.05, 3.63) is 77.4 Å². The molecule has 0 unspecified atom stereocenters. The molecule has 152 valence electrons. The topological polar surface area (TPSA) is 73.0 Å². The van der Waals surface area contributed by atoms with Crippen molar-refractivity contribution in [2.45, 2.75) is 27.3 Å². The first-order valence-corrected chi connectivity index (χ1v) is 9.54. The first-order chi connectivity index (χ1) is 14.4. The molecule has 2 aromatic heterocycles. The van der Waals surface area contributed by atoms with Gasteiger partial charge in [0.05, 0.1) is 5.56 Å². The highest BCUT2D eigenvalue weighted by Gasteiger charge is 2.18. The van der Waals surface area contributed by atoms with Gasteiger partial charge in [0.2, 0.25) is 17.7 Å². The fourth-order valence-electron chi connectivity index (χ4n) is 3.36. The van der Waals surface area contributed by atoms with Crippen LogP contribution in [0.1, 0.15) is 17.0 Å². The van der Waals surface area contributed by atoms with Crippen molar-refractivity contribution in [3.8, 4) is 22.9 Å². The Kier molecular flexibility index (Phi) is 5.18. The number of aryl methyl sites for hydroxylation is 2. The normalized spacial score (nSPS) is 10.9. The van der Waals surface area contributed by atoms with Crippen LogP contribution in [-0.2, 0) is 11.3 Å². The molecule has 1 amide bonds. The molecule has 0 radical (unpaired) electrons. The number of halogens is 1. The van der Waals surface area contributed by atoms with Crippen molar-refractivity contribution >= 4 is 11.6 Å². The summed E-state index contributed by atoms with van der Waals surface area (Å²) in [6.45, 7) is 5.60. The third kappa shape index (κ3) is 3.87. The van der Waals surface area contributed by atoms with Crippen molar-refractivity contribution in [2.24, 2.45) is 0 Å². The van der Waals surface area contributed by atoms with Gasteiger partial charge < -0.3 is 14.3 Å². The zero-order valence-electron chi connectivity index (χ0n) is 16.9. The number of aromatic nitrogens is 3. The predicted molar refractivity (Wildman–Crippen MR) is 112 cm³/mol. The maximum atomic E-state index is 13.4. The Labute approximate surface area is 173 Å². The molecule has 2 aromatic carbocycles. The van der Waals surface area contributed by atoms with E-state index in [-0.39, 0.29) is 18.3 Å². The number of carbonyl (C=O) groups is 1. The molecule has 6 nitrogen and oxygen atoms in total. The molecule has 4 rings (SSSR count). The Morgan fingerprint density at radius 3 is 2.50 bits per heavy atom. The van der Waals surface area contributed by atoms with Gasteiger partial charge >= 0.3 is 0 Å². The standard InChI is InChI=1S/C23H21FN4O2/c1-14-11-18(9-10-20(14)24)25-21(29)13-28-15(2)12-19(16(28)3)23-27-26-22(30-23)17-7-5-4-6-8-17/h4-12H,13H2,1-3H3,(H,25,29).